The van der Waals surface area contributed by atoms with E-state index < -0.39 is 0 Å². The lowest BCUT2D eigenvalue weighted by atomic mass is 10.1. The normalized spacial score (nSPS) is 14.7. The molecule has 0 bridgehead atoms. The molecule has 0 aromatic carbocycles. The molecule has 4 nitrogen and oxygen atoms in total. The summed E-state index contributed by atoms with van der Waals surface area (Å²) in [5.74, 6) is 0.0378. The van der Waals surface area contributed by atoms with Crippen molar-refractivity contribution in [2.24, 2.45) is 0 Å². The summed E-state index contributed by atoms with van der Waals surface area (Å²) in [7, 11) is 1.81. The van der Waals surface area contributed by atoms with Crippen molar-refractivity contribution in [3.05, 3.63) is 39.2 Å². The molecule has 1 aliphatic heterocycles. The van der Waals surface area contributed by atoms with Gasteiger partial charge in [0.1, 0.15) is 5.15 Å². The van der Waals surface area contributed by atoms with Gasteiger partial charge in [0.2, 0.25) is 0 Å². The topological polar surface area (TPSA) is 49.0 Å². The van der Waals surface area contributed by atoms with Crippen molar-refractivity contribution in [3.63, 3.8) is 0 Å². The number of halogens is 2. The minimum Gasteiger partial charge on any atom is -0.357 e. The maximum atomic E-state index is 12.2. The van der Waals surface area contributed by atoms with Crippen molar-refractivity contribution in [2.75, 3.05) is 13.6 Å². The van der Waals surface area contributed by atoms with Gasteiger partial charge in [-0.2, -0.15) is 0 Å². The van der Waals surface area contributed by atoms with Crippen LogP contribution in [0.1, 0.15) is 16.1 Å². The van der Waals surface area contributed by atoms with Gasteiger partial charge in [-0.05, 0) is 28.1 Å². The van der Waals surface area contributed by atoms with Crippen LogP contribution in [0.3, 0.4) is 0 Å². The van der Waals surface area contributed by atoms with Gasteiger partial charge in [-0.3, -0.25) is 4.79 Å². The van der Waals surface area contributed by atoms with Gasteiger partial charge in [0.15, 0.2) is 0 Å². The average molecular weight is 341 g/mol. The third kappa shape index (κ3) is 2.07. The van der Waals surface area contributed by atoms with Crippen molar-refractivity contribution >= 4 is 33.4 Å². The van der Waals surface area contributed by atoms with Crippen LogP contribution in [0.4, 0.5) is 0 Å². The Balaban J connectivity index is 2.15. The predicted molar refractivity (Wildman–Crippen MR) is 77.4 cm³/mol. The van der Waals surface area contributed by atoms with Crippen LogP contribution in [0.15, 0.2) is 22.8 Å². The number of hydrogen-bond donors (Lipinski definition) is 1. The maximum absolute atomic E-state index is 12.2. The third-order valence-electron chi connectivity index (χ3n) is 3.29. The largest absolute Gasteiger partial charge is 0.357 e. The predicted octanol–water partition coefficient (Wildman–Crippen LogP) is 3.12. The van der Waals surface area contributed by atoms with E-state index in [1.807, 2.05) is 13.1 Å². The van der Waals surface area contributed by atoms with Crippen LogP contribution in [-0.2, 0) is 6.42 Å². The molecule has 3 heterocycles. The number of H-pyrrole nitrogens is 1. The molecule has 19 heavy (non-hydrogen) atoms. The Bertz CT molecular complexity index is 668. The number of pyridine rings is 1. The molecule has 0 fully saturated rings. The Kier molecular flexibility index (Phi) is 3.11. The molecular formula is C13H11BrClN3O. The van der Waals surface area contributed by atoms with E-state index in [-0.39, 0.29) is 5.91 Å². The number of fused-ring (bicyclic) bond motifs is 1. The fraction of sp³-hybridized carbons (Fsp3) is 0.231. The molecule has 2 aromatic heterocycles. The van der Waals surface area contributed by atoms with Crippen molar-refractivity contribution < 1.29 is 4.79 Å². The summed E-state index contributed by atoms with van der Waals surface area (Å²) >= 11 is 9.43. The fourth-order valence-electron chi connectivity index (χ4n) is 2.26. The highest BCUT2D eigenvalue weighted by molar-refractivity contribution is 9.10. The number of carbonyl (C=O) groups excluding carboxylic acids is 1. The lowest BCUT2D eigenvalue weighted by molar-refractivity contribution is 0.0779. The van der Waals surface area contributed by atoms with Gasteiger partial charge in [-0.15, -0.1) is 0 Å². The van der Waals surface area contributed by atoms with E-state index in [1.165, 1.54) is 0 Å². The number of carbonyl (C=O) groups is 1. The van der Waals surface area contributed by atoms with Crippen molar-refractivity contribution in [3.8, 4) is 11.3 Å². The van der Waals surface area contributed by atoms with Crippen molar-refractivity contribution in [1.82, 2.24) is 14.9 Å². The molecule has 0 spiro atoms. The second-order valence-electron chi connectivity index (χ2n) is 4.51. The molecule has 3 rings (SSSR count). The van der Waals surface area contributed by atoms with Gasteiger partial charge >= 0.3 is 0 Å². The Morgan fingerprint density at radius 2 is 2.32 bits per heavy atom. The number of nitrogens with one attached hydrogen (secondary N) is 1. The summed E-state index contributed by atoms with van der Waals surface area (Å²) in [6.45, 7) is 0.731. The molecule has 2 aromatic rings. The van der Waals surface area contributed by atoms with Crippen LogP contribution >= 0.6 is 27.5 Å². The molecule has 0 unspecified atom stereocenters. The number of hydrogen-bond acceptors (Lipinski definition) is 2. The minimum atomic E-state index is 0.0378. The highest BCUT2D eigenvalue weighted by Gasteiger charge is 2.28. The molecule has 0 radical (unpaired) electrons. The van der Waals surface area contributed by atoms with E-state index in [4.69, 9.17) is 11.6 Å². The third-order valence-corrected chi connectivity index (χ3v) is 4.29. The number of aromatic nitrogens is 2. The monoisotopic (exact) mass is 339 g/mol. The molecule has 1 aliphatic rings. The first-order valence-corrected chi connectivity index (χ1v) is 7.02. The Morgan fingerprint density at radius 1 is 1.53 bits per heavy atom. The first-order chi connectivity index (χ1) is 9.08. The number of aromatic amines is 1. The molecule has 0 saturated carbocycles. The smallest absolute Gasteiger partial charge is 0.256 e. The summed E-state index contributed by atoms with van der Waals surface area (Å²) < 4.78 is 0.793. The first-order valence-electron chi connectivity index (χ1n) is 5.85. The summed E-state index contributed by atoms with van der Waals surface area (Å²) in [5, 5.41) is 0.431. The lowest BCUT2D eigenvalue weighted by Gasteiger charge is -2.22. The summed E-state index contributed by atoms with van der Waals surface area (Å²) in [6, 6.07) is 3.64. The van der Waals surface area contributed by atoms with Crippen LogP contribution in [0.5, 0.6) is 0 Å². The number of amides is 1. The first kappa shape index (κ1) is 12.7. The van der Waals surface area contributed by atoms with Crippen LogP contribution in [0, 0.1) is 0 Å². The number of rotatable bonds is 1. The van der Waals surface area contributed by atoms with Gasteiger partial charge in [-0.1, -0.05) is 11.6 Å². The highest BCUT2D eigenvalue weighted by Crippen LogP contribution is 2.35. The van der Waals surface area contributed by atoms with E-state index in [0.717, 1.165) is 40.0 Å². The second-order valence-corrected chi connectivity index (χ2v) is 5.69. The average Bonchev–Trinajstić information content (AvgIpc) is 2.72. The lowest BCUT2D eigenvalue weighted by Crippen LogP contribution is -2.33. The van der Waals surface area contributed by atoms with E-state index in [0.29, 0.717) is 5.15 Å². The molecule has 6 heteroatoms. The molecular weight excluding hydrogens is 330 g/mol. The van der Waals surface area contributed by atoms with Crippen molar-refractivity contribution in [2.45, 2.75) is 6.42 Å². The Morgan fingerprint density at radius 3 is 3.05 bits per heavy atom. The standard InChI is InChI=1S/C13H11BrClN3O/c1-18-5-3-8-10(13(18)19)11(14)12(17-8)7-2-4-16-9(15)6-7/h2,4,6,17H,3,5H2,1H3. The van der Waals surface area contributed by atoms with Crippen LogP contribution < -0.4 is 0 Å². The zero-order valence-electron chi connectivity index (χ0n) is 10.2. The van der Waals surface area contributed by atoms with E-state index in [2.05, 4.69) is 25.9 Å². The summed E-state index contributed by atoms with van der Waals surface area (Å²) in [6.07, 6.45) is 2.48. The van der Waals surface area contributed by atoms with Gasteiger partial charge in [-0.25, -0.2) is 4.98 Å². The maximum Gasteiger partial charge on any atom is 0.256 e. The fourth-order valence-corrected chi connectivity index (χ4v) is 3.18. The van der Waals surface area contributed by atoms with Crippen LogP contribution in [0.25, 0.3) is 11.3 Å². The van der Waals surface area contributed by atoms with Gasteiger partial charge < -0.3 is 9.88 Å². The van der Waals surface area contributed by atoms with Gasteiger partial charge in [0.25, 0.3) is 5.91 Å². The van der Waals surface area contributed by atoms with E-state index in [9.17, 15) is 4.79 Å². The Labute approximate surface area is 123 Å². The second kappa shape index (κ2) is 4.65. The SMILES string of the molecule is CN1CCc2[nH]c(-c3ccnc(Cl)c3)c(Br)c2C1=O. The van der Waals surface area contributed by atoms with Gasteiger partial charge in [0, 0.05) is 37.5 Å². The van der Waals surface area contributed by atoms with Crippen LogP contribution in [-0.4, -0.2) is 34.4 Å². The van der Waals surface area contributed by atoms with Crippen molar-refractivity contribution in [1.29, 1.82) is 0 Å². The molecule has 0 aliphatic carbocycles. The number of likely N-dealkylation sites (N-methyl/N-ethyl adjacent to an activating group) is 1. The molecule has 0 saturated heterocycles. The summed E-state index contributed by atoms with van der Waals surface area (Å²) in [5.41, 5.74) is 3.48. The molecule has 98 valence electrons. The molecule has 0 atom stereocenters. The highest BCUT2D eigenvalue weighted by atomic mass is 79.9. The summed E-state index contributed by atoms with van der Waals surface area (Å²) in [4.78, 5) is 21.2. The zero-order chi connectivity index (χ0) is 13.6. The molecule has 1 amide bonds. The van der Waals surface area contributed by atoms with E-state index in [1.54, 1.807) is 17.2 Å². The quantitative estimate of drug-likeness (QED) is 0.811. The van der Waals surface area contributed by atoms with Gasteiger partial charge in [0.05, 0.1) is 15.7 Å². The number of nitrogens with zero attached hydrogens (tertiary/aromatic N) is 2. The van der Waals surface area contributed by atoms with Crippen LogP contribution in [0.2, 0.25) is 5.15 Å². The minimum absolute atomic E-state index is 0.0378. The zero-order valence-corrected chi connectivity index (χ0v) is 12.5. The van der Waals surface area contributed by atoms with E-state index >= 15 is 0 Å². The Hall–Kier alpha value is -1.33. The molecule has 1 N–H and O–H groups in total.